The van der Waals surface area contributed by atoms with Gasteiger partial charge in [0.25, 0.3) is 5.91 Å². The fourth-order valence-electron chi connectivity index (χ4n) is 4.80. The molecule has 1 unspecified atom stereocenters. The molecule has 1 saturated heterocycles. The molecule has 6 rings (SSSR count). The van der Waals surface area contributed by atoms with E-state index in [0.29, 0.717) is 31.8 Å². The smallest absolute Gasteiger partial charge is 0.268 e. The van der Waals surface area contributed by atoms with Gasteiger partial charge in [0.15, 0.2) is 0 Å². The minimum absolute atomic E-state index is 0.0480. The van der Waals surface area contributed by atoms with E-state index in [-0.39, 0.29) is 11.9 Å². The van der Waals surface area contributed by atoms with Gasteiger partial charge in [-0.1, -0.05) is 36.4 Å². The molecule has 6 heteroatoms. The Balaban J connectivity index is 1.23. The zero-order chi connectivity index (χ0) is 21.5. The maximum Gasteiger partial charge on any atom is 0.268 e. The Bertz CT molecular complexity index is 1250. The minimum Gasteiger partial charge on any atom is -0.334 e. The van der Waals surface area contributed by atoms with Gasteiger partial charge >= 0.3 is 0 Å². The lowest BCUT2D eigenvalue weighted by molar-refractivity contribution is -0.125. The number of nitrogens with one attached hydrogen (secondary N) is 1. The second-order valence-corrected chi connectivity index (χ2v) is 8.44. The average molecular weight is 422 g/mol. The molecule has 6 nitrogen and oxygen atoms in total. The highest BCUT2D eigenvalue weighted by molar-refractivity contribution is 6.41. The average Bonchev–Trinajstić information content (AvgIpc) is 3.46. The maximum absolute atomic E-state index is 13.3. The Morgan fingerprint density at radius 2 is 1.88 bits per heavy atom. The van der Waals surface area contributed by atoms with E-state index in [1.807, 2.05) is 35.2 Å². The highest BCUT2D eigenvalue weighted by atomic mass is 16.2. The summed E-state index contributed by atoms with van der Waals surface area (Å²) >= 11 is 0. The van der Waals surface area contributed by atoms with E-state index in [9.17, 15) is 4.79 Å². The predicted molar refractivity (Wildman–Crippen MR) is 125 cm³/mol. The van der Waals surface area contributed by atoms with Crippen LogP contribution in [0.3, 0.4) is 0 Å². The molecule has 0 aliphatic carbocycles. The molecular weight excluding hydrogens is 398 g/mol. The first-order chi connectivity index (χ1) is 15.8. The van der Waals surface area contributed by atoms with Crippen LogP contribution in [0.25, 0.3) is 0 Å². The number of carbonyl (C=O) groups is 1. The van der Waals surface area contributed by atoms with Crippen molar-refractivity contribution in [1.82, 2.24) is 15.2 Å². The molecule has 3 aliphatic heterocycles. The molecule has 2 aromatic carbocycles. The number of hydrogen-bond donors (Lipinski definition) is 1. The van der Waals surface area contributed by atoms with E-state index in [4.69, 9.17) is 9.98 Å². The van der Waals surface area contributed by atoms with Gasteiger partial charge in [0.05, 0.1) is 17.9 Å². The number of hydrogen-bond acceptors (Lipinski definition) is 5. The molecule has 158 valence electrons. The Kier molecular flexibility index (Phi) is 4.65. The van der Waals surface area contributed by atoms with Crippen LogP contribution in [-0.4, -0.2) is 46.8 Å². The summed E-state index contributed by atoms with van der Waals surface area (Å²) in [6.45, 7) is 2.81. The number of pyridine rings is 1. The molecule has 1 N–H and O–H groups in total. The molecule has 32 heavy (non-hydrogen) atoms. The number of benzene rings is 2. The molecule has 1 aromatic heterocycles. The second-order valence-electron chi connectivity index (χ2n) is 8.44. The quantitative estimate of drug-likeness (QED) is 0.706. The molecule has 3 aliphatic rings. The topological polar surface area (TPSA) is 70.0 Å². The molecule has 0 spiro atoms. The Hall–Kier alpha value is -3.64. The van der Waals surface area contributed by atoms with Crippen LogP contribution in [-0.2, 0) is 17.8 Å². The number of piperazine rings is 1. The third kappa shape index (κ3) is 3.33. The lowest BCUT2D eigenvalue weighted by Crippen LogP contribution is -2.50. The second kappa shape index (κ2) is 7.80. The third-order valence-electron chi connectivity index (χ3n) is 6.45. The summed E-state index contributed by atoms with van der Waals surface area (Å²) in [6, 6.07) is 18.7. The van der Waals surface area contributed by atoms with Gasteiger partial charge in [-0.25, -0.2) is 4.99 Å². The normalized spacial score (nSPS) is 19.2. The van der Waals surface area contributed by atoms with Crippen molar-refractivity contribution in [2.45, 2.75) is 19.0 Å². The maximum atomic E-state index is 13.3. The van der Waals surface area contributed by atoms with E-state index >= 15 is 0 Å². The molecule has 4 heterocycles. The predicted octanol–water partition coefficient (Wildman–Crippen LogP) is 3.23. The molecular formula is C26H23N5O. The van der Waals surface area contributed by atoms with Gasteiger partial charge in [-0.2, -0.15) is 0 Å². The van der Waals surface area contributed by atoms with Crippen molar-refractivity contribution in [2.75, 3.05) is 19.6 Å². The monoisotopic (exact) mass is 421 g/mol. The SMILES string of the molecule is O=C(C1=Nc2cc3c(cc2C1)CN=C3c1ccncc1)N1CCNC(c2ccccc2)C1. The van der Waals surface area contributed by atoms with Gasteiger partial charge in [-0.3, -0.25) is 14.8 Å². The number of amides is 1. The molecule has 0 radical (unpaired) electrons. The van der Waals surface area contributed by atoms with Crippen molar-refractivity contribution in [3.05, 3.63) is 94.8 Å². The summed E-state index contributed by atoms with van der Waals surface area (Å²) in [4.78, 5) is 28.9. The van der Waals surface area contributed by atoms with E-state index in [1.54, 1.807) is 12.4 Å². The van der Waals surface area contributed by atoms with Gasteiger partial charge in [0.2, 0.25) is 0 Å². The third-order valence-corrected chi connectivity index (χ3v) is 6.45. The Morgan fingerprint density at radius 3 is 2.72 bits per heavy atom. The first-order valence-corrected chi connectivity index (χ1v) is 11.0. The van der Waals surface area contributed by atoms with Crippen LogP contribution in [0, 0.1) is 0 Å². The van der Waals surface area contributed by atoms with Crippen LogP contribution in [0.15, 0.2) is 77.0 Å². The summed E-state index contributed by atoms with van der Waals surface area (Å²) in [5.74, 6) is 0.0480. The van der Waals surface area contributed by atoms with Crippen LogP contribution in [0.2, 0.25) is 0 Å². The van der Waals surface area contributed by atoms with Crippen LogP contribution in [0.1, 0.15) is 33.9 Å². The van der Waals surface area contributed by atoms with Gasteiger partial charge in [-0.05, 0) is 34.9 Å². The zero-order valence-electron chi connectivity index (χ0n) is 17.7. The van der Waals surface area contributed by atoms with Gasteiger partial charge in [0, 0.05) is 55.6 Å². The number of aliphatic imine (C=N–C) groups is 2. The number of fused-ring (bicyclic) bond motifs is 2. The fraction of sp³-hybridized carbons (Fsp3) is 0.231. The summed E-state index contributed by atoms with van der Waals surface area (Å²) < 4.78 is 0. The molecule has 0 saturated carbocycles. The fourth-order valence-corrected chi connectivity index (χ4v) is 4.80. The summed E-state index contributed by atoms with van der Waals surface area (Å²) in [7, 11) is 0. The number of aromatic nitrogens is 1. The largest absolute Gasteiger partial charge is 0.334 e. The van der Waals surface area contributed by atoms with Crippen molar-refractivity contribution in [3.8, 4) is 0 Å². The first kappa shape index (κ1) is 19.1. The van der Waals surface area contributed by atoms with Crippen LogP contribution >= 0.6 is 0 Å². The molecule has 1 fully saturated rings. The first-order valence-electron chi connectivity index (χ1n) is 11.0. The summed E-state index contributed by atoms with van der Waals surface area (Å²) in [5.41, 5.74) is 8.21. The molecule has 3 aromatic rings. The van der Waals surface area contributed by atoms with Gasteiger partial charge in [-0.15, -0.1) is 0 Å². The number of carbonyl (C=O) groups excluding carboxylic acids is 1. The van der Waals surface area contributed by atoms with Crippen molar-refractivity contribution >= 4 is 23.0 Å². The highest BCUT2D eigenvalue weighted by Gasteiger charge is 2.31. The van der Waals surface area contributed by atoms with E-state index < -0.39 is 0 Å². The molecule has 1 amide bonds. The zero-order valence-corrected chi connectivity index (χ0v) is 17.7. The summed E-state index contributed by atoms with van der Waals surface area (Å²) in [5, 5.41) is 3.53. The van der Waals surface area contributed by atoms with Crippen LogP contribution in [0.5, 0.6) is 0 Å². The lowest BCUT2D eigenvalue weighted by Gasteiger charge is -2.34. The lowest BCUT2D eigenvalue weighted by atomic mass is 9.97. The summed E-state index contributed by atoms with van der Waals surface area (Å²) in [6.07, 6.45) is 4.16. The van der Waals surface area contributed by atoms with Crippen molar-refractivity contribution in [3.63, 3.8) is 0 Å². The van der Waals surface area contributed by atoms with Crippen molar-refractivity contribution < 1.29 is 4.79 Å². The van der Waals surface area contributed by atoms with Crippen molar-refractivity contribution in [2.24, 2.45) is 9.98 Å². The van der Waals surface area contributed by atoms with E-state index in [1.165, 1.54) is 11.1 Å². The van der Waals surface area contributed by atoms with E-state index in [2.05, 4.69) is 34.6 Å². The Morgan fingerprint density at radius 1 is 1.03 bits per heavy atom. The molecule has 1 atom stereocenters. The Labute approximate surface area is 186 Å². The highest BCUT2D eigenvalue weighted by Crippen LogP contribution is 2.34. The van der Waals surface area contributed by atoms with E-state index in [0.717, 1.165) is 34.6 Å². The minimum atomic E-state index is 0.0480. The molecule has 0 bridgehead atoms. The number of rotatable bonds is 3. The van der Waals surface area contributed by atoms with Crippen molar-refractivity contribution in [1.29, 1.82) is 0 Å². The number of nitrogens with zero attached hydrogens (tertiary/aromatic N) is 4. The standard InChI is InChI=1S/C26H23N5O/c32-26(31-11-10-28-24(16-31)17-4-2-1-3-5-17)23-13-19-12-20-15-29-25(18-6-8-27-9-7-18)21(20)14-22(19)30-23/h1-9,12,14,24,28H,10-11,13,15-16H2. The van der Waals surface area contributed by atoms with Crippen LogP contribution in [0.4, 0.5) is 5.69 Å². The van der Waals surface area contributed by atoms with Crippen LogP contribution < -0.4 is 5.32 Å². The van der Waals surface area contributed by atoms with Gasteiger partial charge in [0.1, 0.15) is 5.71 Å². The van der Waals surface area contributed by atoms with Gasteiger partial charge < -0.3 is 10.2 Å².